The number of hydrogen-bond donors (Lipinski definition) is 0. The Morgan fingerprint density at radius 1 is 1.00 bits per heavy atom. The summed E-state index contributed by atoms with van der Waals surface area (Å²) >= 11 is 3.80. The molecule has 0 bridgehead atoms. The highest BCUT2D eigenvalue weighted by atomic mass is 79.9. The van der Waals surface area contributed by atoms with Crippen LogP contribution in [0.5, 0.6) is 0 Å². The predicted molar refractivity (Wildman–Crippen MR) is 67.6 cm³/mol. The highest BCUT2D eigenvalue weighted by molar-refractivity contribution is 9.09. The molecule has 0 radical (unpaired) electrons. The maximum atomic E-state index is 3.80. The molecule has 3 rings (SSSR count). The Morgan fingerprint density at radius 2 is 1.75 bits per heavy atom. The first-order valence-corrected chi connectivity index (χ1v) is 6.45. The summed E-state index contributed by atoms with van der Waals surface area (Å²) in [5.41, 5.74) is 2.91. The number of alkyl halides is 1. The zero-order valence-corrected chi connectivity index (χ0v) is 10.5. The number of aromatic nitrogens is 1. The summed E-state index contributed by atoms with van der Waals surface area (Å²) in [5, 5.41) is 0. The minimum absolute atomic E-state index is 0.428. The molecule has 1 aliphatic rings. The van der Waals surface area contributed by atoms with Crippen LogP contribution < -0.4 is 4.57 Å². The number of hydrogen-bond acceptors (Lipinski definition) is 0. The van der Waals surface area contributed by atoms with Crippen LogP contribution in [-0.4, -0.2) is 4.83 Å². The fourth-order valence-corrected chi connectivity index (χ4v) is 3.38. The van der Waals surface area contributed by atoms with E-state index in [1.54, 1.807) is 0 Å². The van der Waals surface area contributed by atoms with Crippen molar-refractivity contribution in [3.8, 4) is 0 Å². The van der Waals surface area contributed by atoms with E-state index >= 15 is 0 Å². The fraction of sp³-hybridized carbons (Fsp3) is 0.214. The molecule has 2 aromatic rings. The first kappa shape index (κ1) is 10.0. The van der Waals surface area contributed by atoms with E-state index in [-0.39, 0.29) is 0 Å². The van der Waals surface area contributed by atoms with E-state index in [1.807, 2.05) is 0 Å². The predicted octanol–water partition coefficient (Wildman–Crippen LogP) is 2.88. The fourth-order valence-electron chi connectivity index (χ4n) is 2.47. The maximum absolute atomic E-state index is 3.80. The standard InChI is InChI=1S/C14H13BrN/c15-13-10-11-6-2-3-7-12(11)14(13)16-8-4-1-5-9-16/h1-9,13-14H,10H2/q+1/t13-,14-/m1/s1. The molecule has 0 saturated carbocycles. The van der Waals surface area contributed by atoms with Crippen molar-refractivity contribution in [2.24, 2.45) is 0 Å². The van der Waals surface area contributed by atoms with Crippen LogP contribution in [0.2, 0.25) is 0 Å². The smallest absolute Gasteiger partial charge is 0.196 e. The van der Waals surface area contributed by atoms with Crippen molar-refractivity contribution in [3.05, 3.63) is 66.0 Å². The number of fused-ring (bicyclic) bond motifs is 1. The molecule has 16 heavy (non-hydrogen) atoms. The molecule has 1 aliphatic carbocycles. The molecule has 1 aromatic heterocycles. The molecular formula is C14H13BrN+. The summed E-state index contributed by atoms with van der Waals surface area (Å²) in [5.74, 6) is 0. The van der Waals surface area contributed by atoms with Crippen LogP contribution >= 0.6 is 15.9 Å². The number of benzene rings is 1. The Balaban J connectivity index is 2.09. The van der Waals surface area contributed by atoms with Gasteiger partial charge in [-0.15, -0.1) is 0 Å². The normalized spacial score (nSPS) is 23.1. The second-order valence-electron chi connectivity index (χ2n) is 4.19. The van der Waals surface area contributed by atoms with Gasteiger partial charge in [-0.05, 0) is 12.0 Å². The van der Waals surface area contributed by atoms with Gasteiger partial charge in [0.05, 0.1) is 4.83 Å². The Bertz CT molecular complexity index is 495. The molecule has 0 aliphatic heterocycles. The van der Waals surface area contributed by atoms with E-state index in [4.69, 9.17) is 0 Å². The van der Waals surface area contributed by atoms with E-state index in [2.05, 4.69) is 75.4 Å². The quantitative estimate of drug-likeness (QED) is 0.556. The lowest BCUT2D eigenvalue weighted by Gasteiger charge is -2.10. The maximum Gasteiger partial charge on any atom is 0.196 e. The zero-order chi connectivity index (χ0) is 11.0. The second-order valence-corrected chi connectivity index (χ2v) is 5.36. The lowest BCUT2D eigenvalue weighted by atomic mass is 10.1. The van der Waals surface area contributed by atoms with Crippen LogP contribution in [0.25, 0.3) is 0 Å². The third-order valence-corrected chi connectivity index (χ3v) is 4.02. The molecule has 1 nitrogen and oxygen atoms in total. The first-order valence-electron chi connectivity index (χ1n) is 5.54. The van der Waals surface area contributed by atoms with E-state index in [9.17, 15) is 0 Å². The van der Waals surface area contributed by atoms with Gasteiger partial charge in [0.2, 0.25) is 0 Å². The molecule has 1 aromatic carbocycles. The molecule has 0 unspecified atom stereocenters. The first-order chi connectivity index (χ1) is 7.86. The van der Waals surface area contributed by atoms with Crippen LogP contribution in [0, 0.1) is 0 Å². The van der Waals surface area contributed by atoms with E-state index in [0.717, 1.165) is 6.42 Å². The average molecular weight is 275 g/mol. The summed E-state index contributed by atoms with van der Waals surface area (Å²) in [6, 6.07) is 15.4. The van der Waals surface area contributed by atoms with Gasteiger partial charge in [0, 0.05) is 17.7 Å². The minimum atomic E-state index is 0.428. The molecule has 0 N–H and O–H groups in total. The van der Waals surface area contributed by atoms with E-state index in [0.29, 0.717) is 10.9 Å². The average Bonchev–Trinajstić information content (AvgIpc) is 2.66. The molecule has 80 valence electrons. The molecule has 0 spiro atoms. The monoisotopic (exact) mass is 274 g/mol. The molecule has 2 heteroatoms. The topological polar surface area (TPSA) is 3.88 Å². The number of halogens is 1. The summed E-state index contributed by atoms with van der Waals surface area (Å²) in [4.78, 5) is 0.498. The summed E-state index contributed by atoms with van der Waals surface area (Å²) < 4.78 is 2.28. The molecule has 0 amide bonds. The van der Waals surface area contributed by atoms with Crippen LogP contribution in [-0.2, 0) is 6.42 Å². The van der Waals surface area contributed by atoms with Gasteiger partial charge in [-0.1, -0.05) is 46.3 Å². The lowest BCUT2D eigenvalue weighted by molar-refractivity contribution is -0.711. The molecule has 2 atom stereocenters. The van der Waals surface area contributed by atoms with Gasteiger partial charge in [0.1, 0.15) is 0 Å². The summed E-state index contributed by atoms with van der Waals surface area (Å²) in [6.45, 7) is 0. The minimum Gasteiger partial charge on any atom is -0.197 e. The van der Waals surface area contributed by atoms with Crippen molar-refractivity contribution < 1.29 is 4.57 Å². The van der Waals surface area contributed by atoms with Crippen LogP contribution in [0.3, 0.4) is 0 Å². The highest BCUT2D eigenvalue weighted by Gasteiger charge is 2.36. The molecule has 1 heterocycles. The van der Waals surface area contributed by atoms with Crippen LogP contribution in [0.15, 0.2) is 54.9 Å². The van der Waals surface area contributed by atoms with Crippen molar-refractivity contribution in [2.45, 2.75) is 17.3 Å². The number of rotatable bonds is 1. The van der Waals surface area contributed by atoms with Gasteiger partial charge in [-0.2, -0.15) is 4.57 Å². The van der Waals surface area contributed by atoms with E-state index in [1.165, 1.54) is 11.1 Å². The van der Waals surface area contributed by atoms with Gasteiger partial charge < -0.3 is 0 Å². The Labute approximate surface area is 104 Å². The van der Waals surface area contributed by atoms with Crippen molar-refractivity contribution in [3.63, 3.8) is 0 Å². The molecule has 0 fully saturated rings. The van der Waals surface area contributed by atoms with Crippen molar-refractivity contribution in [1.82, 2.24) is 0 Å². The summed E-state index contributed by atoms with van der Waals surface area (Å²) in [7, 11) is 0. The Morgan fingerprint density at radius 3 is 2.56 bits per heavy atom. The van der Waals surface area contributed by atoms with Gasteiger partial charge in [-0.25, -0.2) is 0 Å². The van der Waals surface area contributed by atoms with E-state index < -0.39 is 0 Å². The number of pyridine rings is 1. The van der Waals surface area contributed by atoms with Crippen LogP contribution in [0.4, 0.5) is 0 Å². The van der Waals surface area contributed by atoms with Gasteiger partial charge >= 0.3 is 0 Å². The Kier molecular flexibility index (Phi) is 2.52. The second kappa shape index (κ2) is 4.02. The molecular weight excluding hydrogens is 262 g/mol. The summed E-state index contributed by atoms with van der Waals surface area (Å²) in [6.07, 6.45) is 5.39. The SMILES string of the molecule is Br[C@@H]1Cc2ccccc2[C@H]1[n+]1ccccc1. The van der Waals surface area contributed by atoms with Crippen molar-refractivity contribution >= 4 is 15.9 Å². The zero-order valence-electron chi connectivity index (χ0n) is 8.88. The largest absolute Gasteiger partial charge is 0.197 e. The number of nitrogens with zero attached hydrogens (tertiary/aromatic N) is 1. The van der Waals surface area contributed by atoms with Gasteiger partial charge in [-0.3, -0.25) is 0 Å². The third-order valence-electron chi connectivity index (χ3n) is 3.19. The van der Waals surface area contributed by atoms with Gasteiger partial charge in [0.15, 0.2) is 18.4 Å². The van der Waals surface area contributed by atoms with Crippen molar-refractivity contribution in [1.29, 1.82) is 0 Å². The Hall–Kier alpha value is -1.15. The molecule has 0 saturated heterocycles. The third kappa shape index (κ3) is 1.57. The van der Waals surface area contributed by atoms with Crippen molar-refractivity contribution in [2.75, 3.05) is 0 Å². The lowest BCUT2D eigenvalue weighted by Crippen LogP contribution is -2.42. The highest BCUT2D eigenvalue weighted by Crippen LogP contribution is 2.35. The van der Waals surface area contributed by atoms with Gasteiger partial charge in [0.25, 0.3) is 0 Å². The van der Waals surface area contributed by atoms with Crippen LogP contribution in [0.1, 0.15) is 17.2 Å².